The third-order valence-corrected chi connectivity index (χ3v) is 3.64. The number of ether oxygens (including phenoxy) is 1. The molecule has 0 bridgehead atoms. The average molecular weight is 330 g/mol. The molecule has 0 saturated carbocycles. The largest absolute Gasteiger partial charge is 0.505 e. The zero-order chi connectivity index (χ0) is 15.6. The van der Waals surface area contributed by atoms with E-state index in [1.54, 1.807) is 19.1 Å². The van der Waals surface area contributed by atoms with Gasteiger partial charge < -0.3 is 15.2 Å². The number of rotatable bonds is 4. The highest BCUT2D eigenvalue weighted by atomic mass is 35.5. The molecule has 0 aliphatic rings. The smallest absolute Gasteiger partial charge is 0.152 e. The van der Waals surface area contributed by atoms with Crippen molar-refractivity contribution >= 4 is 28.9 Å². The number of halogens is 3. The number of methoxy groups -OCH3 is 1. The van der Waals surface area contributed by atoms with Crippen molar-refractivity contribution in [3.63, 3.8) is 0 Å². The molecule has 2 rings (SSSR count). The predicted octanol–water partition coefficient (Wildman–Crippen LogP) is 5.02. The Morgan fingerprint density at radius 2 is 1.86 bits per heavy atom. The fraction of sp³-hybridized carbons (Fsp3) is 0.200. The van der Waals surface area contributed by atoms with E-state index in [1.807, 2.05) is 0 Å². The third-order valence-electron chi connectivity index (χ3n) is 3.07. The van der Waals surface area contributed by atoms with E-state index in [9.17, 15) is 9.50 Å². The molecular formula is C15H14Cl2FNO2. The van der Waals surface area contributed by atoms with Crippen molar-refractivity contribution in [3.8, 4) is 11.5 Å². The molecule has 1 atom stereocenters. The molecule has 2 aromatic carbocycles. The number of aromatic hydroxyl groups is 1. The van der Waals surface area contributed by atoms with Crippen LogP contribution in [0.5, 0.6) is 11.5 Å². The normalized spacial score (nSPS) is 12.0. The molecule has 2 aromatic rings. The first-order valence-corrected chi connectivity index (χ1v) is 6.96. The minimum absolute atomic E-state index is 0.123. The summed E-state index contributed by atoms with van der Waals surface area (Å²) in [5.74, 6) is -0.101. The van der Waals surface area contributed by atoms with Crippen molar-refractivity contribution in [1.29, 1.82) is 0 Å². The van der Waals surface area contributed by atoms with Gasteiger partial charge in [-0.2, -0.15) is 0 Å². The monoisotopic (exact) mass is 329 g/mol. The van der Waals surface area contributed by atoms with Crippen LogP contribution in [0.4, 0.5) is 10.1 Å². The van der Waals surface area contributed by atoms with Crippen molar-refractivity contribution in [2.75, 3.05) is 12.4 Å². The number of hydrogen-bond acceptors (Lipinski definition) is 3. The van der Waals surface area contributed by atoms with Crippen LogP contribution < -0.4 is 10.1 Å². The van der Waals surface area contributed by atoms with Gasteiger partial charge in [0.25, 0.3) is 0 Å². The first kappa shape index (κ1) is 15.7. The van der Waals surface area contributed by atoms with E-state index >= 15 is 0 Å². The summed E-state index contributed by atoms with van der Waals surface area (Å²) in [4.78, 5) is 0. The Kier molecular flexibility index (Phi) is 4.80. The highest BCUT2D eigenvalue weighted by Gasteiger charge is 2.17. The number of nitrogens with one attached hydrogen (secondary N) is 1. The summed E-state index contributed by atoms with van der Waals surface area (Å²) >= 11 is 11.7. The molecule has 0 aromatic heterocycles. The van der Waals surface area contributed by atoms with Gasteiger partial charge in [0.05, 0.1) is 28.8 Å². The van der Waals surface area contributed by atoms with E-state index in [1.165, 1.54) is 25.3 Å². The number of hydrogen-bond donors (Lipinski definition) is 2. The Balaban J connectivity index is 2.32. The predicted molar refractivity (Wildman–Crippen MR) is 83.1 cm³/mol. The van der Waals surface area contributed by atoms with Crippen LogP contribution in [0.15, 0.2) is 30.3 Å². The highest BCUT2D eigenvalue weighted by Crippen LogP contribution is 2.36. The van der Waals surface area contributed by atoms with Gasteiger partial charge in [0.2, 0.25) is 0 Å². The first-order chi connectivity index (χ1) is 9.93. The van der Waals surface area contributed by atoms with Crippen LogP contribution in [0.25, 0.3) is 0 Å². The Morgan fingerprint density at radius 3 is 2.43 bits per heavy atom. The number of phenols is 1. The summed E-state index contributed by atoms with van der Waals surface area (Å²) in [6.07, 6.45) is 0. The number of benzene rings is 2. The van der Waals surface area contributed by atoms with Gasteiger partial charge in [0.1, 0.15) is 11.6 Å². The molecule has 0 saturated heterocycles. The topological polar surface area (TPSA) is 41.5 Å². The second-order valence-electron chi connectivity index (χ2n) is 4.51. The molecule has 3 nitrogen and oxygen atoms in total. The van der Waals surface area contributed by atoms with Gasteiger partial charge >= 0.3 is 0 Å². The molecule has 0 radical (unpaired) electrons. The molecule has 6 heteroatoms. The molecule has 1 unspecified atom stereocenters. The quantitative estimate of drug-likeness (QED) is 0.774. The van der Waals surface area contributed by atoms with E-state index in [0.717, 1.165) is 0 Å². The van der Waals surface area contributed by atoms with Crippen LogP contribution in [0.1, 0.15) is 18.5 Å². The number of phenolic OH excluding ortho intramolecular Hbond substituents is 1. The lowest BCUT2D eigenvalue weighted by molar-refractivity contribution is 0.402. The molecule has 0 aliphatic heterocycles. The summed E-state index contributed by atoms with van der Waals surface area (Å²) in [7, 11) is 1.49. The molecule has 0 fully saturated rings. The molecule has 112 valence electrons. The maximum Gasteiger partial charge on any atom is 0.152 e. The minimum atomic E-state index is -0.377. The van der Waals surface area contributed by atoms with E-state index in [2.05, 4.69) is 5.32 Å². The highest BCUT2D eigenvalue weighted by molar-refractivity contribution is 6.37. The molecule has 0 spiro atoms. The zero-order valence-corrected chi connectivity index (χ0v) is 13.0. The standard InChI is InChI=1S/C15H14Cl2FNO2/c1-8(14-12(18)4-3-5-13(14)21-2)19-9-6-10(16)15(20)11(17)7-9/h3-8,19-20H,1-2H3. The van der Waals surface area contributed by atoms with Crippen LogP contribution in [0.2, 0.25) is 10.0 Å². The van der Waals surface area contributed by atoms with Crippen molar-refractivity contribution in [2.24, 2.45) is 0 Å². The second kappa shape index (κ2) is 6.41. The Labute approximate surface area is 132 Å². The van der Waals surface area contributed by atoms with Crippen molar-refractivity contribution < 1.29 is 14.2 Å². The van der Waals surface area contributed by atoms with Gasteiger partial charge in [-0.05, 0) is 31.2 Å². The van der Waals surface area contributed by atoms with Gasteiger partial charge in [-0.15, -0.1) is 0 Å². The fourth-order valence-electron chi connectivity index (χ4n) is 2.09. The molecular weight excluding hydrogens is 316 g/mol. The fourth-order valence-corrected chi connectivity index (χ4v) is 2.57. The minimum Gasteiger partial charge on any atom is -0.505 e. The lowest BCUT2D eigenvalue weighted by Gasteiger charge is -2.19. The maximum absolute atomic E-state index is 14.0. The van der Waals surface area contributed by atoms with Gasteiger partial charge in [0, 0.05) is 5.69 Å². The van der Waals surface area contributed by atoms with E-state index in [4.69, 9.17) is 27.9 Å². The number of anilines is 1. The lowest BCUT2D eigenvalue weighted by Crippen LogP contribution is -2.10. The van der Waals surface area contributed by atoms with Crippen LogP contribution >= 0.6 is 23.2 Å². The molecule has 0 heterocycles. The molecule has 0 aliphatic carbocycles. The lowest BCUT2D eigenvalue weighted by atomic mass is 10.1. The van der Waals surface area contributed by atoms with Crippen molar-refractivity contribution in [3.05, 3.63) is 51.8 Å². The Hall–Kier alpha value is -1.65. The summed E-state index contributed by atoms with van der Waals surface area (Å²) in [5, 5.41) is 12.9. The van der Waals surface area contributed by atoms with Crippen LogP contribution in [0, 0.1) is 5.82 Å². The third kappa shape index (κ3) is 3.34. The molecule has 21 heavy (non-hydrogen) atoms. The van der Waals surface area contributed by atoms with Gasteiger partial charge in [-0.25, -0.2) is 4.39 Å². The maximum atomic E-state index is 14.0. The van der Waals surface area contributed by atoms with Crippen molar-refractivity contribution in [1.82, 2.24) is 0 Å². The summed E-state index contributed by atoms with van der Waals surface area (Å²) < 4.78 is 19.2. The molecule has 2 N–H and O–H groups in total. The van der Waals surface area contributed by atoms with Gasteiger partial charge in [-0.1, -0.05) is 29.3 Å². The van der Waals surface area contributed by atoms with Gasteiger partial charge in [-0.3, -0.25) is 0 Å². The van der Waals surface area contributed by atoms with Crippen molar-refractivity contribution in [2.45, 2.75) is 13.0 Å². The Bertz CT molecular complexity index is 641. The second-order valence-corrected chi connectivity index (χ2v) is 5.32. The Morgan fingerprint density at radius 1 is 1.24 bits per heavy atom. The SMILES string of the molecule is COc1cccc(F)c1C(C)Nc1cc(Cl)c(O)c(Cl)c1. The van der Waals surface area contributed by atoms with Gasteiger partial charge in [0.15, 0.2) is 5.75 Å². The van der Waals surface area contributed by atoms with E-state index < -0.39 is 0 Å². The van der Waals surface area contributed by atoms with Crippen LogP contribution in [0.3, 0.4) is 0 Å². The van der Waals surface area contributed by atoms with Crippen LogP contribution in [-0.4, -0.2) is 12.2 Å². The van der Waals surface area contributed by atoms with E-state index in [0.29, 0.717) is 17.0 Å². The molecule has 0 amide bonds. The first-order valence-electron chi connectivity index (χ1n) is 6.21. The summed E-state index contributed by atoms with van der Waals surface area (Å²) in [6.45, 7) is 1.79. The van der Waals surface area contributed by atoms with Crippen LogP contribution in [-0.2, 0) is 0 Å². The average Bonchev–Trinajstić information content (AvgIpc) is 2.44. The zero-order valence-electron chi connectivity index (χ0n) is 11.5. The summed E-state index contributed by atoms with van der Waals surface area (Å²) in [5.41, 5.74) is 0.973. The summed E-state index contributed by atoms with van der Waals surface area (Å²) in [6, 6.07) is 7.30. The van der Waals surface area contributed by atoms with E-state index in [-0.39, 0.29) is 27.7 Å².